The fourth-order valence-electron chi connectivity index (χ4n) is 2.90. The Labute approximate surface area is 157 Å². The first-order chi connectivity index (χ1) is 13.1. The van der Waals surface area contributed by atoms with E-state index >= 15 is 0 Å². The monoisotopic (exact) mass is 367 g/mol. The van der Waals surface area contributed by atoms with Crippen LogP contribution < -0.4 is 19.8 Å². The summed E-state index contributed by atoms with van der Waals surface area (Å²) in [5.41, 5.74) is 4.42. The Bertz CT molecular complexity index is 879. The van der Waals surface area contributed by atoms with Crippen molar-refractivity contribution < 1.29 is 19.1 Å². The molecule has 7 heteroatoms. The first kappa shape index (κ1) is 18.4. The van der Waals surface area contributed by atoms with Crippen molar-refractivity contribution >= 4 is 23.7 Å². The molecule has 2 aromatic carbocycles. The van der Waals surface area contributed by atoms with E-state index in [4.69, 9.17) is 9.47 Å². The molecule has 1 heterocycles. The summed E-state index contributed by atoms with van der Waals surface area (Å²) in [5.74, 6) is 0.932. The highest BCUT2D eigenvalue weighted by atomic mass is 16.5. The number of rotatable bonds is 6. The molecular formula is C20H21N3O4. The largest absolute Gasteiger partial charge is 0.493 e. The smallest absolute Gasteiger partial charge is 0.271 e. The lowest BCUT2D eigenvalue weighted by molar-refractivity contribution is -0.117. The van der Waals surface area contributed by atoms with E-state index in [9.17, 15) is 9.59 Å². The van der Waals surface area contributed by atoms with E-state index in [2.05, 4.69) is 10.5 Å². The van der Waals surface area contributed by atoms with E-state index in [1.165, 1.54) is 6.21 Å². The molecule has 0 radical (unpaired) electrons. The molecule has 2 amide bonds. The Balaban J connectivity index is 1.67. The molecule has 3 rings (SSSR count). The first-order valence-corrected chi connectivity index (χ1v) is 8.58. The van der Waals surface area contributed by atoms with Gasteiger partial charge in [0.15, 0.2) is 11.5 Å². The second-order valence-corrected chi connectivity index (χ2v) is 6.01. The van der Waals surface area contributed by atoms with Crippen LogP contribution in [-0.4, -0.2) is 38.8 Å². The lowest BCUT2D eigenvalue weighted by Gasteiger charge is -2.16. The maximum Gasteiger partial charge on any atom is 0.271 e. The van der Waals surface area contributed by atoms with Crippen LogP contribution in [0.25, 0.3) is 0 Å². The average Bonchev–Trinajstić information content (AvgIpc) is 3.13. The average molecular weight is 367 g/mol. The zero-order valence-electron chi connectivity index (χ0n) is 15.3. The van der Waals surface area contributed by atoms with Crippen LogP contribution >= 0.6 is 0 Å². The van der Waals surface area contributed by atoms with Crippen LogP contribution in [0, 0.1) is 0 Å². The fourth-order valence-corrected chi connectivity index (χ4v) is 2.90. The zero-order chi connectivity index (χ0) is 19.2. The minimum absolute atomic E-state index is 0.0824. The summed E-state index contributed by atoms with van der Waals surface area (Å²) in [5, 5.41) is 3.99. The van der Waals surface area contributed by atoms with Crippen LogP contribution in [0.1, 0.15) is 28.8 Å². The van der Waals surface area contributed by atoms with E-state index in [0.717, 1.165) is 17.7 Å². The standard InChI is InChI=1S/C20H21N3O4/c1-26-17-9-8-14(11-18(17)27-2)13-21-22-20(25)15-5-3-6-16(12-15)23-10-4-7-19(23)24/h3,5-6,8-9,11-13H,4,7,10H2,1-2H3,(H,22,25)/b21-13-. The molecule has 1 saturated heterocycles. The second-order valence-electron chi connectivity index (χ2n) is 6.01. The molecule has 1 fully saturated rings. The zero-order valence-corrected chi connectivity index (χ0v) is 15.3. The van der Waals surface area contributed by atoms with Crippen molar-refractivity contribution in [2.75, 3.05) is 25.7 Å². The second kappa shape index (κ2) is 8.35. The maximum absolute atomic E-state index is 12.3. The predicted molar refractivity (Wildman–Crippen MR) is 103 cm³/mol. The van der Waals surface area contributed by atoms with Crippen LogP contribution in [0.5, 0.6) is 11.5 Å². The normalized spacial score (nSPS) is 13.9. The summed E-state index contributed by atoms with van der Waals surface area (Å²) >= 11 is 0. The van der Waals surface area contributed by atoms with Gasteiger partial charge >= 0.3 is 0 Å². The van der Waals surface area contributed by atoms with Crippen molar-refractivity contribution in [2.24, 2.45) is 5.10 Å². The summed E-state index contributed by atoms with van der Waals surface area (Å²) < 4.78 is 10.4. The van der Waals surface area contributed by atoms with Crippen molar-refractivity contribution in [1.29, 1.82) is 0 Å². The Hall–Kier alpha value is -3.35. The number of anilines is 1. The Morgan fingerprint density at radius 2 is 1.96 bits per heavy atom. The third-order valence-corrected chi connectivity index (χ3v) is 4.28. The summed E-state index contributed by atoms with van der Waals surface area (Å²) in [6, 6.07) is 12.3. The molecule has 27 heavy (non-hydrogen) atoms. The highest BCUT2D eigenvalue weighted by Gasteiger charge is 2.22. The topological polar surface area (TPSA) is 80.2 Å². The lowest BCUT2D eigenvalue weighted by Crippen LogP contribution is -2.24. The summed E-state index contributed by atoms with van der Waals surface area (Å²) in [6.45, 7) is 0.682. The van der Waals surface area contributed by atoms with Crippen LogP contribution in [0.2, 0.25) is 0 Å². The van der Waals surface area contributed by atoms with Crippen LogP contribution in [0.3, 0.4) is 0 Å². The molecule has 0 saturated carbocycles. The number of hydrogen-bond acceptors (Lipinski definition) is 5. The molecular weight excluding hydrogens is 346 g/mol. The third kappa shape index (κ3) is 4.25. The van der Waals surface area contributed by atoms with Crippen molar-refractivity contribution in [3.8, 4) is 11.5 Å². The molecule has 140 valence electrons. The quantitative estimate of drug-likeness (QED) is 0.629. The van der Waals surface area contributed by atoms with Crippen molar-refractivity contribution in [2.45, 2.75) is 12.8 Å². The number of amides is 2. The van der Waals surface area contributed by atoms with Gasteiger partial charge in [-0.2, -0.15) is 5.10 Å². The van der Waals surface area contributed by atoms with Gasteiger partial charge in [-0.25, -0.2) is 5.43 Å². The van der Waals surface area contributed by atoms with Gasteiger partial charge in [-0.3, -0.25) is 9.59 Å². The summed E-state index contributed by atoms with van der Waals surface area (Å²) in [4.78, 5) is 25.9. The van der Waals surface area contributed by atoms with Gasteiger partial charge in [-0.15, -0.1) is 0 Å². The number of benzene rings is 2. The van der Waals surface area contributed by atoms with Crippen LogP contribution in [-0.2, 0) is 4.79 Å². The van der Waals surface area contributed by atoms with E-state index in [0.29, 0.717) is 30.0 Å². The Morgan fingerprint density at radius 3 is 2.67 bits per heavy atom. The molecule has 1 aliphatic heterocycles. The van der Waals surface area contributed by atoms with Crippen LogP contribution in [0.15, 0.2) is 47.6 Å². The third-order valence-electron chi connectivity index (χ3n) is 4.28. The van der Waals surface area contributed by atoms with E-state index in [1.54, 1.807) is 55.5 Å². The molecule has 0 unspecified atom stereocenters. The van der Waals surface area contributed by atoms with Gasteiger partial charge in [-0.1, -0.05) is 6.07 Å². The number of ether oxygens (including phenoxy) is 2. The number of nitrogens with one attached hydrogen (secondary N) is 1. The number of nitrogens with zero attached hydrogens (tertiary/aromatic N) is 2. The van der Waals surface area contributed by atoms with Gasteiger partial charge in [0.25, 0.3) is 5.91 Å². The Morgan fingerprint density at radius 1 is 1.15 bits per heavy atom. The van der Waals surface area contributed by atoms with Gasteiger partial charge in [-0.05, 0) is 48.4 Å². The Kier molecular flexibility index (Phi) is 5.71. The minimum atomic E-state index is -0.347. The number of hydrazone groups is 1. The van der Waals surface area contributed by atoms with Crippen molar-refractivity contribution in [3.05, 3.63) is 53.6 Å². The van der Waals surface area contributed by atoms with Crippen LogP contribution in [0.4, 0.5) is 5.69 Å². The molecule has 0 spiro atoms. The lowest BCUT2D eigenvalue weighted by atomic mass is 10.2. The van der Waals surface area contributed by atoms with Gasteiger partial charge < -0.3 is 14.4 Å². The molecule has 0 aromatic heterocycles. The summed E-state index contributed by atoms with van der Waals surface area (Å²) in [6.07, 6.45) is 2.91. The number of hydrogen-bond donors (Lipinski definition) is 1. The number of methoxy groups -OCH3 is 2. The maximum atomic E-state index is 12.3. The molecule has 7 nitrogen and oxygen atoms in total. The SMILES string of the molecule is COc1ccc(/C=N\NC(=O)c2cccc(N3CCCC3=O)c2)cc1OC. The summed E-state index contributed by atoms with van der Waals surface area (Å²) in [7, 11) is 3.12. The predicted octanol–water partition coefficient (Wildman–Crippen LogP) is 2.59. The van der Waals surface area contributed by atoms with Gasteiger partial charge in [0.05, 0.1) is 20.4 Å². The first-order valence-electron chi connectivity index (χ1n) is 8.58. The fraction of sp³-hybridized carbons (Fsp3) is 0.250. The van der Waals surface area contributed by atoms with Crippen molar-refractivity contribution in [3.63, 3.8) is 0 Å². The molecule has 0 aliphatic carbocycles. The number of carbonyl (C=O) groups excluding carboxylic acids is 2. The highest BCUT2D eigenvalue weighted by Crippen LogP contribution is 2.27. The molecule has 1 N–H and O–H groups in total. The number of carbonyl (C=O) groups is 2. The highest BCUT2D eigenvalue weighted by molar-refractivity contribution is 5.99. The molecule has 0 atom stereocenters. The van der Waals surface area contributed by atoms with Gasteiger partial charge in [0.1, 0.15) is 0 Å². The van der Waals surface area contributed by atoms with E-state index in [1.807, 2.05) is 6.07 Å². The van der Waals surface area contributed by atoms with E-state index < -0.39 is 0 Å². The van der Waals surface area contributed by atoms with Gasteiger partial charge in [0.2, 0.25) is 5.91 Å². The van der Waals surface area contributed by atoms with Crippen molar-refractivity contribution in [1.82, 2.24) is 5.43 Å². The molecule has 0 bridgehead atoms. The molecule has 2 aromatic rings. The molecule has 1 aliphatic rings. The minimum Gasteiger partial charge on any atom is -0.493 e. The van der Waals surface area contributed by atoms with E-state index in [-0.39, 0.29) is 11.8 Å². The van der Waals surface area contributed by atoms with Gasteiger partial charge in [0, 0.05) is 24.2 Å².